The van der Waals surface area contributed by atoms with Gasteiger partial charge in [-0.1, -0.05) is 35.5 Å². The molecule has 0 saturated carbocycles. The lowest BCUT2D eigenvalue weighted by molar-refractivity contribution is 0.0325. The molecular formula is C18H23N5O2. The fraction of sp³-hybridized carbons (Fsp3) is 0.500. The van der Waals surface area contributed by atoms with Crippen LogP contribution >= 0.6 is 0 Å². The zero-order valence-corrected chi connectivity index (χ0v) is 14.3. The van der Waals surface area contributed by atoms with E-state index in [0.29, 0.717) is 31.2 Å². The Kier molecular flexibility index (Phi) is 6.51. The van der Waals surface area contributed by atoms with E-state index in [1.54, 1.807) is 0 Å². The van der Waals surface area contributed by atoms with Crippen LogP contribution in [-0.4, -0.2) is 65.9 Å². The van der Waals surface area contributed by atoms with Crippen molar-refractivity contribution in [1.29, 1.82) is 5.26 Å². The fourth-order valence-electron chi connectivity index (χ4n) is 2.80. The quantitative estimate of drug-likeness (QED) is 0.724. The summed E-state index contributed by atoms with van der Waals surface area (Å²) in [6.45, 7) is 6.59. The van der Waals surface area contributed by atoms with E-state index < -0.39 is 0 Å². The minimum absolute atomic E-state index is 0.489. The van der Waals surface area contributed by atoms with Crippen LogP contribution in [0.5, 0.6) is 0 Å². The first-order valence-corrected chi connectivity index (χ1v) is 8.62. The average molecular weight is 341 g/mol. The molecule has 0 spiro atoms. The molecule has 1 fully saturated rings. The van der Waals surface area contributed by atoms with Crippen LogP contribution in [0.15, 0.2) is 34.9 Å². The van der Waals surface area contributed by atoms with E-state index in [0.717, 1.165) is 45.0 Å². The van der Waals surface area contributed by atoms with E-state index in [4.69, 9.17) is 14.5 Å². The monoisotopic (exact) mass is 341 g/mol. The van der Waals surface area contributed by atoms with Gasteiger partial charge in [0, 0.05) is 44.7 Å². The molecule has 1 aliphatic rings. The summed E-state index contributed by atoms with van der Waals surface area (Å²) in [5, 5.41) is 13.0. The Morgan fingerprint density at radius 2 is 1.96 bits per heavy atom. The molecule has 0 bridgehead atoms. The first kappa shape index (κ1) is 17.5. The summed E-state index contributed by atoms with van der Waals surface area (Å²) in [5.41, 5.74) is 0.939. The van der Waals surface area contributed by atoms with Crippen molar-refractivity contribution in [3.8, 4) is 17.5 Å². The second-order valence-electron chi connectivity index (χ2n) is 6.02. The molecule has 7 heteroatoms. The SMILES string of the molecule is N#CCCN(CCN1CCOCC1)Cc1nc(-c2ccccc2)no1. The number of morpholine rings is 1. The number of aromatic nitrogens is 2. The summed E-state index contributed by atoms with van der Waals surface area (Å²) in [6.07, 6.45) is 0.489. The molecule has 2 aromatic rings. The molecule has 1 saturated heterocycles. The lowest BCUT2D eigenvalue weighted by Crippen LogP contribution is -2.41. The molecule has 0 atom stereocenters. The topological polar surface area (TPSA) is 78.4 Å². The lowest BCUT2D eigenvalue weighted by atomic mass is 10.2. The highest BCUT2D eigenvalue weighted by Crippen LogP contribution is 2.15. The molecule has 0 radical (unpaired) electrons. The summed E-state index contributed by atoms with van der Waals surface area (Å²) in [5.74, 6) is 1.18. The number of hydrogen-bond acceptors (Lipinski definition) is 7. The van der Waals surface area contributed by atoms with E-state index >= 15 is 0 Å². The van der Waals surface area contributed by atoms with Crippen molar-refractivity contribution in [2.75, 3.05) is 45.9 Å². The predicted octanol–water partition coefficient (Wildman–Crippen LogP) is 1.78. The summed E-state index contributed by atoms with van der Waals surface area (Å²) < 4.78 is 10.8. The van der Waals surface area contributed by atoms with E-state index in [1.807, 2.05) is 30.3 Å². The number of rotatable bonds is 8. The van der Waals surface area contributed by atoms with Gasteiger partial charge < -0.3 is 9.26 Å². The van der Waals surface area contributed by atoms with Gasteiger partial charge in [-0.2, -0.15) is 10.2 Å². The second kappa shape index (κ2) is 9.28. The summed E-state index contributed by atoms with van der Waals surface area (Å²) in [4.78, 5) is 9.06. The van der Waals surface area contributed by atoms with Gasteiger partial charge >= 0.3 is 0 Å². The van der Waals surface area contributed by atoms with Crippen molar-refractivity contribution in [1.82, 2.24) is 19.9 Å². The molecule has 132 valence electrons. The van der Waals surface area contributed by atoms with E-state index in [9.17, 15) is 0 Å². The molecule has 2 heterocycles. The summed E-state index contributed by atoms with van der Waals surface area (Å²) >= 11 is 0. The highest BCUT2D eigenvalue weighted by Gasteiger charge is 2.16. The van der Waals surface area contributed by atoms with Crippen molar-refractivity contribution >= 4 is 0 Å². The zero-order chi connectivity index (χ0) is 17.3. The highest BCUT2D eigenvalue weighted by molar-refractivity contribution is 5.53. The van der Waals surface area contributed by atoms with Gasteiger partial charge in [0.1, 0.15) is 0 Å². The van der Waals surface area contributed by atoms with Crippen LogP contribution in [0.1, 0.15) is 12.3 Å². The molecule has 25 heavy (non-hydrogen) atoms. The maximum atomic E-state index is 8.90. The third-order valence-corrected chi connectivity index (χ3v) is 4.23. The summed E-state index contributed by atoms with van der Waals surface area (Å²) in [6, 6.07) is 12.0. The smallest absolute Gasteiger partial charge is 0.241 e. The van der Waals surface area contributed by atoms with Gasteiger partial charge in [-0.3, -0.25) is 9.80 Å². The molecule has 3 rings (SSSR count). The fourth-order valence-corrected chi connectivity index (χ4v) is 2.80. The van der Waals surface area contributed by atoms with Crippen molar-refractivity contribution in [3.63, 3.8) is 0 Å². The Balaban J connectivity index is 1.57. The van der Waals surface area contributed by atoms with Gasteiger partial charge in [0.2, 0.25) is 11.7 Å². The standard InChI is InChI=1S/C18H23N5O2/c19-7-4-8-23(10-9-22-11-13-24-14-12-22)15-17-20-18(21-25-17)16-5-2-1-3-6-16/h1-3,5-6H,4,8-15H2. The van der Waals surface area contributed by atoms with Crippen molar-refractivity contribution in [2.45, 2.75) is 13.0 Å². The van der Waals surface area contributed by atoms with Gasteiger partial charge in [0.25, 0.3) is 0 Å². The average Bonchev–Trinajstić information content (AvgIpc) is 3.14. The Hall–Kier alpha value is -2.27. The molecule has 0 N–H and O–H groups in total. The van der Waals surface area contributed by atoms with E-state index in [2.05, 4.69) is 26.0 Å². The van der Waals surface area contributed by atoms with Gasteiger partial charge in [0.05, 0.1) is 25.8 Å². The number of benzene rings is 1. The van der Waals surface area contributed by atoms with Crippen molar-refractivity contribution in [3.05, 3.63) is 36.2 Å². The number of ether oxygens (including phenoxy) is 1. The highest BCUT2D eigenvalue weighted by atomic mass is 16.5. The lowest BCUT2D eigenvalue weighted by Gasteiger charge is -2.29. The zero-order valence-electron chi connectivity index (χ0n) is 14.3. The molecule has 7 nitrogen and oxygen atoms in total. The Morgan fingerprint density at radius 3 is 2.72 bits per heavy atom. The maximum absolute atomic E-state index is 8.90. The van der Waals surface area contributed by atoms with Crippen LogP contribution in [0.25, 0.3) is 11.4 Å². The molecule has 0 unspecified atom stereocenters. The summed E-state index contributed by atoms with van der Waals surface area (Å²) in [7, 11) is 0. The van der Waals surface area contributed by atoms with Crippen LogP contribution < -0.4 is 0 Å². The van der Waals surface area contributed by atoms with Crippen molar-refractivity contribution in [2.24, 2.45) is 0 Å². The van der Waals surface area contributed by atoms with Crippen LogP contribution in [0.2, 0.25) is 0 Å². The van der Waals surface area contributed by atoms with Crippen LogP contribution in [0, 0.1) is 11.3 Å². The molecule has 0 aliphatic carbocycles. The minimum Gasteiger partial charge on any atom is -0.379 e. The van der Waals surface area contributed by atoms with E-state index in [1.165, 1.54) is 0 Å². The van der Waals surface area contributed by atoms with Crippen LogP contribution in [0.3, 0.4) is 0 Å². The normalized spacial score (nSPS) is 15.4. The second-order valence-corrected chi connectivity index (χ2v) is 6.02. The molecular weight excluding hydrogens is 318 g/mol. The van der Waals surface area contributed by atoms with Crippen LogP contribution in [0.4, 0.5) is 0 Å². The Labute approximate surface area is 147 Å². The molecule has 1 aromatic heterocycles. The van der Waals surface area contributed by atoms with Gasteiger partial charge in [-0.05, 0) is 0 Å². The first-order valence-electron chi connectivity index (χ1n) is 8.62. The maximum Gasteiger partial charge on any atom is 0.241 e. The van der Waals surface area contributed by atoms with Crippen molar-refractivity contribution < 1.29 is 9.26 Å². The molecule has 1 aromatic carbocycles. The van der Waals surface area contributed by atoms with E-state index in [-0.39, 0.29) is 0 Å². The predicted molar refractivity (Wildman–Crippen MR) is 92.5 cm³/mol. The minimum atomic E-state index is 0.489. The Morgan fingerprint density at radius 1 is 1.16 bits per heavy atom. The number of nitriles is 1. The third kappa shape index (κ3) is 5.36. The Bertz CT molecular complexity index is 676. The molecule has 1 aliphatic heterocycles. The number of hydrogen-bond donors (Lipinski definition) is 0. The first-order chi connectivity index (χ1) is 12.3. The number of nitrogens with zero attached hydrogens (tertiary/aromatic N) is 5. The third-order valence-electron chi connectivity index (χ3n) is 4.23. The van der Waals surface area contributed by atoms with Gasteiger partial charge in [-0.15, -0.1) is 0 Å². The van der Waals surface area contributed by atoms with Gasteiger partial charge in [-0.25, -0.2) is 0 Å². The van der Waals surface area contributed by atoms with Crippen LogP contribution in [-0.2, 0) is 11.3 Å². The largest absolute Gasteiger partial charge is 0.379 e. The van der Waals surface area contributed by atoms with Gasteiger partial charge in [0.15, 0.2) is 0 Å². The molecule has 0 amide bonds.